The van der Waals surface area contributed by atoms with E-state index >= 15 is 0 Å². The van der Waals surface area contributed by atoms with Crippen molar-refractivity contribution in [3.63, 3.8) is 0 Å². The molecule has 0 amide bonds. The van der Waals surface area contributed by atoms with E-state index in [9.17, 15) is 4.79 Å². The Hall–Kier alpha value is -0.650. The maximum absolute atomic E-state index is 11.9. The smallest absolute Gasteiger partial charge is 0.326 e. The molecule has 18 heavy (non-hydrogen) atoms. The van der Waals surface area contributed by atoms with Gasteiger partial charge < -0.3 is 19.5 Å². The van der Waals surface area contributed by atoms with E-state index in [-0.39, 0.29) is 5.97 Å². The number of ether oxygens (including phenoxy) is 3. The second-order valence-electron chi connectivity index (χ2n) is 4.29. The van der Waals surface area contributed by atoms with Crippen LogP contribution in [-0.4, -0.2) is 51.6 Å². The number of carbonyl (C=O) groups is 1. The fraction of sp³-hybridized carbons (Fsp3) is 0.923. The SMILES string of the molecule is CCNC(C)(CCOCCCOC)C(=O)OCC. The van der Waals surface area contributed by atoms with Crippen LogP contribution in [0.1, 0.15) is 33.6 Å². The average Bonchev–Trinajstić information content (AvgIpc) is 2.34. The Bertz CT molecular complexity index is 223. The molecule has 0 aromatic heterocycles. The minimum atomic E-state index is -0.661. The van der Waals surface area contributed by atoms with Crippen molar-refractivity contribution >= 4 is 5.97 Å². The third-order valence-corrected chi connectivity index (χ3v) is 2.68. The van der Waals surface area contributed by atoms with Gasteiger partial charge in [-0.1, -0.05) is 6.92 Å². The maximum atomic E-state index is 11.9. The number of carbonyl (C=O) groups excluding carboxylic acids is 1. The summed E-state index contributed by atoms with van der Waals surface area (Å²) in [4.78, 5) is 11.9. The summed E-state index contributed by atoms with van der Waals surface area (Å²) in [7, 11) is 1.67. The molecule has 0 fully saturated rings. The Kier molecular flexibility index (Phi) is 9.92. The summed E-state index contributed by atoms with van der Waals surface area (Å²) in [5.74, 6) is -0.215. The molecule has 0 spiro atoms. The van der Waals surface area contributed by atoms with Crippen LogP contribution in [0.25, 0.3) is 0 Å². The molecular formula is C13H27NO4. The van der Waals surface area contributed by atoms with E-state index in [2.05, 4.69) is 5.32 Å². The summed E-state index contributed by atoms with van der Waals surface area (Å²) in [5, 5.41) is 3.17. The molecule has 0 aromatic rings. The highest BCUT2D eigenvalue weighted by Gasteiger charge is 2.33. The first-order chi connectivity index (χ1) is 8.60. The lowest BCUT2D eigenvalue weighted by molar-refractivity contribution is -0.151. The molecule has 0 radical (unpaired) electrons. The van der Waals surface area contributed by atoms with Gasteiger partial charge in [-0.05, 0) is 33.2 Å². The second-order valence-corrected chi connectivity index (χ2v) is 4.29. The van der Waals surface area contributed by atoms with Crippen molar-refractivity contribution < 1.29 is 19.0 Å². The van der Waals surface area contributed by atoms with Gasteiger partial charge in [0, 0.05) is 26.9 Å². The van der Waals surface area contributed by atoms with Crippen LogP contribution < -0.4 is 5.32 Å². The topological polar surface area (TPSA) is 56.8 Å². The van der Waals surface area contributed by atoms with Gasteiger partial charge in [-0.25, -0.2) is 0 Å². The van der Waals surface area contributed by atoms with Gasteiger partial charge in [0.05, 0.1) is 6.61 Å². The summed E-state index contributed by atoms with van der Waals surface area (Å²) in [6.45, 7) is 8.64. The molecule has 108 valence electrons. The zero-order chi connectivity index (χ0) is 13.9. The van der Waals surface area contributed by atoms with E-state index in [1.165, 1.54) is 0 Å². The first-order valence-electron chi connectivity index (χ1n) is 6.59. The van der Waals surface area contributed by atoms with Crippen molar-refractivity contribution in [3.05, 3.63) is 0 Å². The first kappa shape index (κ1) is 17.4. The highest BCUT2D eigenvalue weighted by molar-refractivity contribution is 5.80. The van der Waals surface area contributed by atoms with Crippen molar-refractivity contribution in [2.45, 2.75) is 39.2 Å². The third-order valence-electron chi connectivity index (χ3n) is 2.68. The molecule has 5 heteroatoms. The van der Waals surface area contributed by atoms with Crippen LogP contribution in [0.2, 0.25) is 0 Å². The van der Waals surface area contributed by atoms with E-state index in [1.54, 1.807) is 7.11 Å². The van der Waals surface area contributed by atoms with E-state index < -0.39 is 5.54 Å². The number of nitrogens with one attached hydrogen (secondary N) is 1. The molecule has 0 bridgehead atoms. The third kappa shape index (κ3) is 6.93. The molecule has 0 aromatic carbocycles. The second kappa shape index (κ2) is 10.3. The van der Waals surface area contributed by atoms with Gasteiger partial charge in [0.2, 0.25) is 0 Å². The molecule has 1 unspecified atom stereocenters. The van der Waals surface area contributed by atoms with E-state index in [0.29, 0.717) is 32.8 Å². The van der Waals surface area contributed by atoms with Crippen LogP contribution in [-0.2, 0) is 19.0 Å². The summed E-state index contributed by atoms with van der Waals surface area (Å²) < 4.78 is 15.5. The van der Waals surface area contributed by atoms with Crippen LogP contribution >= 0.6 is 0 Å². The van der Waals surface area contributed by atoms with Gasteiger partial charge in [0.1, 0.15) is 5.54 Å². The minimum Gasteiger partial charge on any atom is -0.465 e. The highest BCUT2D eigenvalue weighted by atomic mass is 16.5. The quantitative estimate of drug-likeness (QED) is 0.449. The molecule has 0 aliphatic rings. The van der Waals surface area contributed by atoms with Crippen LogP contribution in [0.4, 0.5) is 0 Å². The van der Waals surface area contributed by atoms with Crippen molar-refractivity contribution in [2.24, 2.45) is 0 Å². The van der Waals surface area contributed by atoms with Crippen LogP contribution in [0.5, 0.6) is 0 Å². The van der Waals surface area contributed by atoms with Crippen molar-refractivity contribution in [3.8, 4) is 0 Å². The molecule has 0 rings (SSSR count). The van der Waals surface area contributed by atoms with Gasteiger partial charge in [-0.3, -0.25) is 4.79 Å². The Morgan fingerprint density at radius 1 is 1.22 bits per heavy atom. The van der Waals surface area contributed by atoms with E-state index in [1.807, 2.05) is 20.8 Å². The Labute approximate surface area is 110 Å². The van der Waals surface area contributed by atoms with Crippen molar-refractivity contribution in [1.29, 1.82) is 0 Å². The van der Waals surface area contributed by atoms with Crippen LogP contribution in [0.15, 0.2) is 0 Å². The molecule has 5 nitrogen and oxygen atoms in total. The number of likely N-dealkylation sites (N-methyl/N-ethyl adjacent to an activating group) is 1. The minimum absolute atomic E-state index is 0.215. The normalized spacial score (nSPS) is 14.2. The Morgan fingerprint density at radius 2 is 1.94 bits per heavy atom. The fourth-order valence-electron chi connectivity index (χ4n) is 1.63. The zero-order valence-corrected chi connectivity index (χ0v) is 12.1. The maximum Gasteiger partial charge on any atom is 0.326 e. The Balaban J connectivity index is 3.98. The van der Waals surface area contributed by atoms with Gasteiger partial charge in [-0.15, -0.1) is 0 Å². The largest absolute Gasteiger partial charge is 0.465 e. The standard InChI is InChI=1S/C13H27NO4/c1-5-14-13(3,12(15)18-6-2)8-11-17-10-7-9-16-4/h14H,5-11H2,1-4H3. The number of methoxy groups -OCH3 is 1. The monoisotopic (exact) mass is 261 g/mol. The number of esters is 1. The molecule has 0 saturated heterocycles. The molecule has 1 N–H and O–H groups in total. The van der Waals surface area contributed by atoms with Crippen LogP contribution in [0.3, 0.4) is 0 Å². The van der Waals surface area contributed by atoms with E-state index in [0.717, 1.165) is 13.0 Å². The Morgan fingerprint density at radius 3 is 2.50 bits per heavy atom. The number of rotatable bonds is 11. The predicted molar refractivity (Wildman–Crippen MR) is 70.6 cm³/mol. The molecule has 0 aliphatic carbocycles. The summed E-state index contributed by atoms with van der Waals surface area (Å²) in [6, 6.07) is 0. The highest BCUT2D eigenvalue weighted by Crippen LogP contribution is 2.12. The lowest BCUT2D eigenvalue weighted by atomic mass is 9.98. The van der Waals surface area contributed by atoms with Crippen LogP contribution in [0, 0.1) is 0 Å². The molecular weight excluding hydrogens is 234 g/mol. The number of hydrogen-bond acceptors (Lipinski definition) is 5. The van der Waals surface area contributed by atoms with E-state index in [4.69, 9.17) is 14.2 Å². The van der Waals surface area contributed by atoms with Gasteiger partial charge >= 0.3 is 5.97 Å². The lowest BCUT2D eigenvalue weighted by Crippen LogP contribution is -2.51. The van der Waals surface area contributed by atoms with Crippen molar-refractivity contribution in [1.82, 2.24) is 5.32 Å². The fourth-order valence-corrected chi connectivity index (χ4v) is 1.63. The summed E-state index contributed by atoms with van der Waals surface area (Å²) >= 11 is 0. The lowest BCUT2D eigenvalue weighted by Gasteiger charge is -2.27. The average molecular weight is 261 g/mol. The predicted octanol–water partition coefficient (Wildman–Crippen LogP) is 1.36. The number of hydrogen-bond donors (Lipinski definition) is 1. The molecule has 0 aliphatic heterocycles. The summed E-state index contributed by atoms with van der Waals surface area (Å²) in [6.07, 6.45) is 1.47. The van der Waals surface area contributed by atoms with Crippen molar-refractivity contribution in [2.75, 3.05) is 40.1 Å². The first-order valence-corrected chi connectivity index (χ1v) is 6.59. The van der Waals surface area contributed by atoms with Gasteiger partial charge in [0.15, 0.2) is 0 Å². The summed E-state index contributed by atoms with van der Waals surface area (Å²) in [5.41, 5.74) is -0.661. The zero-order valence-electron chi connectivity index (χ0n) is 12.1. The molecule has 0 heterocycles. The molecule has 1 atom stereocenters. The van der Waals surface area contributed by atoms with Gasteiger partial charge in [0.25, 0.3) is 0 Å². The van der Waals surface area contributed by atoms with Gasteiger partial charge in [-0.2, -0.15) is 0 Å². The molecule has 0 saturated carbocycles.